The Morgan fingerprint density at radius 1 is 1.17 bits per heavy atom. The first-order valence-corrected chi connectivity index (χ1v) is 8.65. The molecule has 2 aromatic carbocycles. The fourth-order valence-corrected chi connectivity index (χ4v) is 3.00. The second kappa shape index (κ2) is 8.10. The van der Waals surface area contributed by atoms with E-state index in [4.69, 9.17) is 21.6 Å². The van der Waals surface area contributed by atoms with Gasteiger partial charge in [0.1, 0.15) is 35.6 Å². The van der Waals surface area contributed by atoms with Crippen molar-refractivity contribution in [2.75, 3.05) is 24.8 Å². The van der Waals surface area contributed by atoms with Crippen molar-refractivity contribution in [2.45, 2.75) is 6.92 Å². The normalized spacial score (nSPS) is 10.5. The van der Waals surface area contributed by atoms with Crippen LogP contribution in [0.1, 0.15) is 5.69 Å². The molecule has 0 unspecified atom stereocenters. The summed E-state index contributed by atoms with van der Waals surface area (Å²) in [6.07, 6.45) is 5.18. The highest BCUT2D eigenvalue weighted by Crippen LogP contribution is 2.39. The van der Waals surface area contributed by atoms with Gasteiger partial charge in [-0.3, -0.25) is 4.68 Å². The molecule has 0 saturated heterocycles. The number of hydrogen-bond acceptors (Lipinski definition) is 5. The Hall–Kier alpha value is -3.73. The lowest BCUT2D eigenvalue weighted by molar-refractivity contribution is 0.370. The minimum absolute atomic E-state index is 0.0894. The van der Waals surface area contributed by atoms with Gasteiger partial charge >= 0.3 is 0 Å². The lowest BCUT2D eigenvalue weighted by atomic mass is 10.0. The van der Waals surface area contributed by atoms with Gasteiger partial charge in [-0.25, -0.2) is 8.78 Å². The molecular weight excluding hydrogens is 378 g/mol. The quantitative estimate of drug-likeness (QED) is 0.485. The molecule has 0 aliphatic carbocycles. The number of ether oxygens (including phenoxy) is 2. The van der Waals surface area contributed by atoms with E-state index in [1.807, 2.05) is 0 Å². The summed E-state index contributed by atoms with van der Waals surface area (Å²) in [4.78, 5) is 0. The van der Waals surface area contributed by atoms with Gasteiger partial charge in [0.05, 0.1) is 35.3 Å². The predicted octanol–water partition coefficient (Wildman–Crippen LogP) is 4.02. The Balaban J connectivity index is 2.05. The second-order valence-electron chi connectivity index (χ2n) is 6.27. The summed E-state index contributed by atoms with van der Waals surface area (Å²) >= 11 is 0. The summed E-state index contributed by atoms with van der Waals surface area (Å²) in [5.74, 6) is 1.85. The number of nitrogens with one attached hydrogen (secondary N) is 1. The van der Waals surface area contributed by atoms with Crippen molar-refractivity contribution < 1.29 is 18.3 Å². The fraction of sp³-hybridized carbons (Fsp3) is 0.190. The smallest absolute Gasteiger partial charge is 0.148 e. The minimum atomic E-state index is -0.757. The number of rotatable bonds is 6. The Morgan fingerprint density at radius 2 is 1.86 bits per heavy atom. The standard InChI is InChI=1S/C21H20F2N4O2/c1-5-8-29-13-6-7-18(17(24)11-13)25-21-19(12(2)26-27(21)3)20-15(22)9-14(28-4)10-16(20)23/h1,6-7,9-11,25H,8,24H2,2-4H3. The first kappa shape index (κ1) is 20.0. The third-order valence-electron chi connectivity index (χ3n) is 4.32. The number of nitrogen functional groups attached to an aromatic ring is 1. The van der Waals surface area contributed by atoms with Crippen molar-refractivity contribution >= 4 is 17.2 Å². The highest BCUT2D eigenvalue weighted by molar-refractivity contribution is 5.84. The fourth-order valence-electron chi connectivity index (χ4n) is 3.00. The zero-order valence-corrected chi connectivity index (χ0v) is 16.2. The van der Waals surface area contributed by atoms with Gasteiger partial charge in [-0.05, 0) is 19.1 Å². The molecule has 0 bridgehead atoms. The number of anilines is 3. The van der Waals surface area contributed by atoms with Gasteiger partial charge in [-0.15, -0.1) is 6.42 Å². The first-order chi connectivity index (χ1) is 13.8. The Bertz CT molecular complexity index is 1080. The van der Waals surface area contributed by atoms with Crippen LogP contribution >= 0.6 is 0 Å². The van der Waals surface area contributed by atoms with Gasteiger partial charge in [0.25, 0.3) is 0 Å². The van der Waals surface area contributed by atoms with E-state index in [0.29, 0.717) is 28.6 Å². The van der Waals surface area contributed by atoms with Crippen molar-refractivity contribution in [2.24, 2.45) is 7.05 Å². The van der Waals surface area contributed by atoms with Gasteiger partial charge < -0.3 is 20.5 Å². The molecule has 150 valence electrons. The zero-order chi connectivity index (χ0) is 21.1. The van der Waals surface area contributed by atoms with Gasteiger partial charge in [0.15, 0.2) is 0 Å². The van der Waals surface area contributed by atoms with E-state index in [1.165, 1.54) is 11.8 Å². The van der Waals surface area contributed by atoms with Crippen molar-refractivity contribution in [1.29, 1.82) is 0 Å². The minimum Gasteiger partial charge on any atom is -0.497 e. The van der Waals surface area contributed by atoms with Crippen molar-refractivity contribution in [3.05, 3.63) is 47.7 Å². The molecule has 1 aromatic heterocycles. The van der Waals surface area contributed by atoms with Crippen LogP contribution in [0.25, 0.3) is 11.1 Å². The van der Waals surface area contributed by atoms with Gasteiger partial charge in [-0.1, -0.05) is 5.92 Å². The van der Waals surface area contributed by atoms with Crippen LogP contribution in [0.15, 0.2) is 30.3 Å². The molecule has 0 aliphatic heterocycles. The second-order valence-corrected chi connectivity index (χ2v) is 6.27. The molecule has 3 N–H and O–H groups in total. The summed E-state index contributed by atoms with van der Waals surface area (Å²) in [5, 5.41) is 7.41. The molecule has 3 rings (SSSR count). The van der Waals surface area contributed by atoms with E-state index in [-0.39, 0.29) is 23.5 Å². The first-order valence-electron chi connectivity index (χ1n) is 8.65. The Kier molecular flexibility index (Phi) is 5.59. The molecule has 1 heterocycles. The summed E-state index contributed by atoms with van der Waals surface area (Å²) in [6, 6.07) is 7.24. The average Bonchev–Trinajstić information content (AvgIpc) is 2.94. The van der Waals surface area contributed by atoms with E-state index in [0.717, 1.165) is 12.1 Å². The molecule has 0 atom stereocenters. The van der Waals surface area contributed by atoms with Crippen molar-refractivity contribution in [3.63, 3.8) is 0 Å². The summed E-state index contributed by atoms with van der Waals surface area (Å²) in [6.45, 7) is 1.79. The van der Waals surface area contributed by atoms with Gasteiger partial charge in [-0.2, -0.15) is 5.10 Å². The molecule has 0 aliphatic rings. The average molecular weight is 398 g/mol. The number of terminal acetylenes is 1. The van der Waals surface area contributed by atoms with Crippen LogP contribution in [-0.4, -0.2) is 23.5 Å². The molecule has 0 fully saturated rings. The number of aromatic nitrogens is 2. The molecule has 0 saturated carbocycles. The largest absolute Gasteiger partial charge is 0.497 e. The number of halogens is 2. The molecule has 0 radical (unpaired) electrons. The highest BCUT2D eigenvalue weighted by Gasteiger charge is 2.23. The predicted molar refractivity (Wildman–Crippen MR) is 108 cm³/mol. The lowest BCUT2D eigenvalue weighted by Gasteiger charge is -2.14. The molecule has 0 amide bonds. The molecule has 6 nitrogen and oxygen atoms in total. The zero-order valence-electron chi connectivity index (χ0n) is 16.2. The van der Waals surface area contributed by atoms with Crippen molar-refractivity contribution in [3.8, 4) is 35.0 Å². The monoisotopic (exact) mass is 398 g/mol. The van der Waals surface area contributed by atoms with Crippen LogP contribution < -0.4 is 20.5 Å². The maximum atomic E-state index is 14.7. The Morgan fingerprint density at radius 3 is 2.45 bits per heavy atom. The SMILES string of the molecule is C#CCOc1ccc(Nc2c(-c3c(F)cc(OC)cc3F)c(C)nn2C)c(N)c1. The summed E-state index contributed by atoms with van der Waals surface area (Å²) in [5.41, 5.74) is 7.53. The number of hydrogen-bond donors (Lipinski definition) is 2. The van der Waals surface area contributed by atoms with Crippen LogP contribution in [0, 0.1) is 30.9 Å². The maximum absolute atomic E-state index is 14.7. The van der Waals surface area contributed by atoms with E-state index >= 15 is 0 Å². The van der Waals surface area contributed by atoms with Crippen molar-refractivity contribution in [1.82, 2.24) is 9.78 Å². The van der Waals surface area contributed by atoms with Crippen LogP contribution in [-0.2, 0) is 7.05 Å². The topological polar surface area (TPSA) is 74.3 Å². The Labute approximate surface area is 167 Å². The van der Waals surface area contributed by atoms with Gasteiger partial charge in [0, 0.05) is 25.2 Å². The van der Waals surface area contributed by atoms with Crippen LogP contribution in [0.5, 0.6) is 11.5 Å². The third-order valence-corrected chi connectivity index (χ3v) is 4.32. The highest BCUT2D eigenvalue weighted by atomic mass is 19.1. The molecule has 0 spiro atoms. The number of nitrogens with zero attached hydrogens (tertiary/aromatic N) is 2. The lowest BCUT2D eigenvalue weighted by Crippen LogP contribution is -2.04. The summed E-state index contributed by atoms with van der Waals surface area (Å²) < 4.78 is 41.2. The maximum Gasteiger partial charge on any atom is 0.148 e. The molecule has 29 heavy (non-hydrogen) atoms. The van der Waals surface area contributed by atoms with E-state index in [9.17, 15) is 8.78 Å². The number of aryl methyl sites for hydroxylation is 2. The number of benzene rings is 2. The number of nitrogens with two attached hydrogens (primary N) is 1. The van der Waals surface area contributed by atoms with E-state index in [1.54, 1.807) is 32.2 Å². The van der Waals surface area contributed by atoms with Gasteiger partial charge in [0.2, 0.25) is 0 Å². The van der Waals surface area contributed by atoms with Crippen LogP contribution in [0.3, 0.4) is 0 Å². The van der Waals surface area contributed by atoms with Crippen LogP contribution in [0.2, 0.25) is 0 Å². The molecular formula is C21H20F2N4O2. The molecule has 3 aromatic rings. The van der Waals surface area contributed by atoms with E-state index in [2.05, 4.69) is 16.3 Å². The summed E-state index contributed by atoms with van der Waals surface area (Å²) in [7, 11) is 3.01. The van der Waals surface area contributed by atoms with Crippen LogP contribution in [0.4, 0.5) is 26.0 Å². The molecule has 8 heteroatoms. The van der Waals surface area contributed by atoms with E-state index < -0.39 is 11.6 Å². The third kappa shape index (κ3) is 3.94. The number of methoxy groups -OCH3 is 1.